The summed E-state index contributed by atoms with van der Waals surface area (Å²) < 4.78 is 13.0. The summed E-state index contributed by atoms with van der Waals surface area (Å²) in [6.07, 6.45) is 1.75. The molecule has 0 N–H and O–H groups in total. The topological polar surface area (TPSA) is 60.8 Å². The minimum Gasteiger partial charge on any atom is -0.493 e. The number of imide groups is 1. The fourth-order valence-electron chi connectivity index (χ4n) is 3.77. The Labute approximate surface area is 212 Å². The van der Waals surface area contributed by atoms with Gasteiger partial charge in [-0.2, -0.15) is 0 Å². The molecule has 0 bridgehead atoms. The molecule has 1 aliphatic heterocycles. The predicted molar refractivity (Wildman–Crippen MR) is 136 cm³/mol. The lowest BCUT2D eigenvalue weighted by molar-refractivity contribution is -0.123. The van der Waals surface area contributed by atoms with Gasteiger partial charge in [0.1, 0.15) is 6.61 Å². The van der Waals surface area contributed by atoms with E-state index in [1.165, 1.54) is 4.90 Å². The van der Waals surface area contributed by atoms with Crippen molar-refractivity contribution in [1.29, 1.82) is 0 Å². The van der Waals surface area contributed by atoms with E-state index in [1.807, 2.05) is 42.7 Å². The number of amides is 2. The monoisotopic (exact) mass is 516 g/mol. The first-order chi connectivity index (χ1) is 16.3. The Balaban J connectivity index is 1.50. The second-order valence-corrected chi connectivity index (χ2v) is 9.40. The first kappa shape index (κ1) is 24.3. The van der Waals surface area contributed by atoms with E-state index in [0.29, 0.717) is 26.4 Å². The molecule has 0 saturated carbocycles. The predicted octanol–water partition coefficient (Wildman–Crippen LogP) is 6.52. The highest BCUT2D eigenvalue weighted by atomic mass is 35.5. The zero-order chi connectivity index (χ0) is 24.4. The van der Waals surface area contributed by atoms with Gasteiger partial charge in [-0.05, 0) is 73.6 Å². The van der Waals surface area contributed by atoms with Crippen molar-refractivity contribution in [1.82, 2.24) is 9.47 Å². The van der Waals surface area contributed by atoms with Crippen LogP contribution in [0.2, 0.25) is 10.0 Å². The van der Waals surface area contributed by atoms with Gasteiger partial charge in [0.15, 0.2) is 11.5 Å². The molecule has 9 heteroatoms. The molecule has 1 fully saturated rings. The van der Waals surface area contributed by atoms with E-state index in [0.717, 1.165) is 34.4 Å². The van der Waals surface area contributed by atoms with Crippen LogP contribution < -0.4 is 9.47 Å². The number of carbonyl (C=O) groups is 2. The zero-order valence-corrected chi connectivity index (χ0v) is 21.1. The van der Waals surface area contributed by atoms with Crippen molar-refractivity contribution in [2.45, 2.75) is 13.8 Å². The van der Waals surface area contributed by atoms with Gasteiger partial charge in [-0.15, -0.1) is 0 Å². The number of aromatic nitrogens is 1. The van der Waals surface area contributed by atoms with E-state index in [4.69, 9.17) is 32.7 Å². The van der Waals surface area contributed by atoms with Crippen molar-refractivity contribution in [2.75, 3.05) is 20.3 Å². The first-order valence-electron chi connectivity index (χ1n) is 10.5. The number of benzene rings is 2. The molecule has 0 atom stereocenters. The summed E-state index contributed by atoms with van der Waals surface area (Å²) in [6, 6.07) is 14.6. The molecular formula is C25H22Cl2N2O4S. The standard InChI is InChI=1S/C25H22Cl2N2O4S/c1-15-12-17(16(2)29(15)18-8-9-19(26)20(27)14-18)13-23-24(30)28(25(31)34-23)10-11-33-22-7-5-4-6-21(22)32-3/h4-9,12-14H,10-11H2,1-3H3/b23-13-. The van der Waals surface area contributed by atoms with Gasteiger partial charge in [-0.25, -0.2) is 0 Å². The van der Waals surface area contributed by atoms with Crippen LogP contribution in [0.4, 0.5) is 4.79 Å². The van der Waals surface area contributed by atoms with Crippen molar-refractivity contribution in [2.24, 2.45) is 0 Å². The first-order valence-corrected chi connectivity index (χ1v) is 12.0. The van der Waals surface area contributed by atoms with Gasteiger partial charge >= 0.3 is 0 Å². The number of thioether (sulfide) groups is 1. The number of halogens is 2. The highest BCUT2D eigenvalue weighted by molar-refractivity contribution is 8.18. The molecule has 4 rings (SSSR count). The number of rotatable bonds is 7. The second kappa shape index (κ2) is 10.2. The average Bonchev–Trinajstić information content (AvgIpc) is 3.25. The minimum absolute atomic E-state index is 0.141. The summed E-state index contributed by atoms with van der Waals surface area (Å²) in [5.74, 6) is 0.814. The average molecular weight is 517 g/mol. The SMILES string of the molecule is COc1ccccc1OCCN1C(=O)S/C(=C\c2cc(C)n(-c3ccc(Cl)c(Cl)c3)c2C)C1=O. The van der Waals surface area contributed by atoms with Gasteiger partial charge in [-0.1, -0.05) is 35.3 Å². The molecule has 0 spiro atoms. The Hall–Kier alpha value is -2.87. The van der Waals surface area contributed by atoms with E-state index < -0.39 is 0 Å². The molecule has 176 valence electrons. The lowest BCUT2D eigenvalue weighted by Crippen LogP contribution is -2.32. The molecule has 1 saturated heterocycles. The third kappa shape index (κ3) is 4.82. The molecule has 2 aromatic carbocycles. The van der Waals surface area contributed by atoms with Gasteiger partial charge in [-0.3, -0.25) is 14.5 Å². The summed E-state index contributed by atoms with van der Waals surface area (Å²) in [7, 11) is 1.56. The maximum Gasteiger partial charge on any atom is 0.293 e. The van der Waals surface area contributed by atoms with Gasteiger partial charge in [0.2, 0.25) is 0 Å². The number of hydrogen-bond acceptors (Lipinski definition) is 5. The molecule has 6 nitrogen and oxygen atoms in total. The van der Waals surface area contributed by atoms with Crippen molar-refractivity contribution in [3.63, 3.8) is 0 Å². The van der Waals surface area contributed by atoms with Crippen molar-refractivity contribution >= 4 is 52.2 Å². The Bertz CT molecular complexity index is 1300. The van der Waals surface area contributed by atoms with Crippen LogP contribution >= 0.6 is 35.0 Å². The van der Waals surface area contributed by atoms with E-state index in [9.17, 15) is 9.59 Å². The second-order valence-electron chi connectivity index (χ2n) is 7.59. The van der Waals surface area contributed by atoms with Gasteiger partial charge < -0.3 is 14.0 Å². The lowest BCUT2D eigenvalue weighted by Gasteiger charge is -2.14. The van der Waals surface area contributed by atoms with Crippen LogP contribution in [0.25, 0.3) is 11.8 Å². The molecule has 0 radical (unpaired) electrons. The Morgan fingerprint density at radius 2 is 1.74 bits per heavy atom. The maximum atomic E-state index is 12.9. The lowest BCUT2D eigenvalue weighted by atomic mass is 10.2. The summed E-state index contributed by atoms with van der Waals surface area (Å²) in [6.45, 7) is 4.22. The van der Waals surface area contributed by atoms with Crippen molar-refractivity contribution in [3.8, 4) is 17.2 Å². The third-order valence-electron chi connectivity index (χ3n) is 5.43. The van der Waals surface area contributed by atoms with Crippen LogP contribution in [0.15, 0.2) is 53.4 Å². The minimum atomic E-state index is -0.335. The summed E-state index contributed by atoms with van der Waals surface area (Å²) in [5.41, 5.74) is 3.60. The fraction of sp³-hybridized carbons (Fsp3) is 0.200. The molecule has 0 unspecified atom stereocenters. The summed E-state index contributed by atoms with van der Waals surface area (Å²) in [4.78, 5) is 27.0. The smallest absolute Gasteiger partial charge is 0.293 e. The largest absolute Gasteiger partial charge is 0.493 e. The van der Waals surface area contributed by atoms with Crippen LogP contribution in [-0.4, -0.2) is 40.9 Å². The highest BCUT2D eigenvalue weighted by Crippen LogP contribution is 2.34. The van der Waals surface area contributed by atoms with Crippen molar-refractivity contribution in [3.05, 3.63) is 80.4 Å². The Morgan fingerprint density at radius 1 is 1.00 bits per heavy atom. The van der Waals surface area contributed by atoms with E-state index in [2.05, 4.69) is 0 Å². The van der Waals surface area contributed by atoms with Crippen LogP contribution in [0.1, 0.15) is 17.0 Å². The summed E-state index contributed by atoms with van der Waals surface area (Å²) >= 11 is 13.2. The van der Waals surface area contributed by atoms with Crippen molar-refractivity contribution < 1.29 is 19.1 Å². The molecule has 1 aliphatic rings. The number of methoxy groups -OCH3 is 1. The third-order valence-corrected chi connectivity index (χ3v) is 7.08. The number of carbonyl (C=O) groups excluding carboxylic acids is 2. The molecule has 1 aromatic heterocycles. The molecule has 34 heavy (non-hydrogen) atoms. The van der Waals surface area contributed by atoms with Crippen LogP contribution in [-0.2, 0) is 4.79 Å². The number of nitrogens with zero attached hydrogens (tertiary/aromatic N) is 2. The molecule has 0 aliphatic carbocycles. The number of ether oxygens (including phenoxy) is 2. The van der Waals surface area contributed by atoms with Gasteiger partial charge in [0.25, 0.3) is 11.1 Å². The fourth-order valence-corrected chi connectivity index (χ4v) is 4.92. The van der Waals surface area contributed by atoms with E-state index in [-0.39, 0.29) is 24.3 Å². The maximum absolute atomic E-state index is 12.9. The normalized spacial score (nSPS) is 14.9. The van der Waals surface area contributed by atoms with Gasteiger partial charge in [0, 0.05) is 17.1 Å². The molecule has 2 amide bonds. The zero-order valence-electron chi connectivity index (χ0n) is 18.8. The number of para-hydroxylation sites is 2. The Morgan fingerprint density at radius 3 is 2.44 bits per heavy atom. The van der Waals surface area contributed by atoms with E-state index in [1.54, 1.807) is 37.5 Å². The molecule has 2 heterocycles. The molecular weight excluding hydrogens is 495 g/mol. The van der Waals surface area contributed by atoms with Crippen LogP contribution in [0.3, 0.4) is 0 Å². The number of hydrogen-bond donors (Lipinski definition) is 0. The summed E-state index contributed by atoms with van der Waals surface area (Å²) in [5, 5.41) is 0.624. The highest BCUT2D eigenvalue weighted by Gasteiger charge is 2.35. The quantitative estimate of drug-likeness (QED) is 0.334. The van der Waals surface area contributed by atoms with Gasteiger partial charge in [0.05, 0.1) is 28.6 Å². The molecule has 3 aromatic rings. The number of aryl methyl sites for hydroxylation is 1. The van der Waals surface area contributed by atoms with Crippen LogP contribution in [0.5, 0.6) is 11.5 Å². The van der Waals surface area contributed by atoms with Crippen LogP contribution in [0, 0.1) is 13.8 Å². The Kier molecular flexibility index (Phi) is 7.26. The van der Waals surface area contributed by atoms with E-state index >= 15 is 0 Å².